The predicted octanol–water partition coefficient (Wildman–Crippen LogP) is 1.37. The van der Waals surface area contributed by atoms with Gasteiger partial charge in [0.15, 0.2) is 0 Å². The molecule has 1 atom stereocenters. The van der Waals surface area contributed by atoms with Gasteiger partial charge < -0.3 is 16.2 Å². The lowest BCUT2D eigenvalue weighted by atomic mass is 9.95. The summed E-state index contributed by atoms with van der Waals surface area (Å²) >= 11 is 0. The summed E-state index contributed by atoms with van der Waals surface area (Å²) in [6.45, 7) is 4.70. The molecule has 2 rings (SSSR count). The van der Waals surface area contributed by atoms with Gasteiger partial charge >= 0.3 is 0 Å². The van der Waals surface area contributed by atoms with Crippen molar-refractivity contribution < 1.29 is 9.90 Å². The molecule has 0 spiro atoms. The lowest BCUT2D eigenvalue weighted by Crippen LogP contribution is -2.44. The van der Waals surface area contributed by atoms with Crippen LogP contribution in [0, 0.1) is 5.92 Å². The van der Waals surface area contributed by atoms with Gasteiger partial charge in [-0.1, -0.05) is 19.1 Å². The number of amides is 1. The van der Waals surface area contributed by atoms with Crippen molar-refractivity contribution in [1.82, 2.24) is 10.2 Å². The zero-order valence-electron chi connectivity index (χ0n) is 13.3. The number of rotatable bonds is 6. The molecule has 1 aliphatic heterocycles. The van der Waals surface area contributed by atoms with Crippen LogP contribution in [0.3, 0.4) is 0 Å². The van der Waals surface area contributed by atoms with Crippen LogP contribution in [-0.2, 0) is 11.3 Å². The highest BCUT2D eigenvalue weighted by Crippen LogP contribution is 2.20. The van der Waals surface area contributed by atoms with Crippen LogP contribution in [0.15, 0.2) is 24.3 Å². The maximum absolute atomic E-state index is 12.2. The van der Waals surface area contributed by atoms with Crippen LogP contribution in [0.5, 0.6) is 0 Å². The summed E-state index contributed by atoms with van der Waals surface area (Å²) in [6, 6.07) is 7.85. The van der Waals surface area contributed by atoms with Crippen molar-refractivity contribution >= 4 is 11.6 Å². The van der Waals surface area contributed by atoms with Gasteiger partial charge in [-0.3, -0.25) is 9.69 Å². The Morgan fingerprint density at radius 1 is 1.45 bits per heavy atom. The molecular formula is C17H27N3O2. The van der Waals surface area contributed by atoms with E-state index >= 15 is 0 Å². The van der Waals surface area contributed by atoms with Gasteiger partial charge in [0, 0.05) is 18.2 Å². The number of hydrogen-bond donors (Lipinski definition) is 3. The van der Waals surface area contributed by atoms with E-state index in [0.29, 0.717) is 0 Å². The quantitative estimate of drug-likeness (QED) is 0.694. The number of benzene rings is 1. The maximum Gasteiger partial charge on any atom is 0.223 e. The predicted molar refractivity (Wildman–Crippen MR) is 88.2 cm³/mol. The molecule has 0 aliphatic carbocycles. The minimum absolute atomic E-state index is 0.0104. The number of nitrogens with zero attached hydrogens (tertiary/aromatic N) is 1. The number of nitrogens with one attached hydrogen (secondary N) is 1. The summed E-state index contributed by atoms with van der Waals surface area (Å²) in [4.78, 5) is 14.5. The van der Waals surface area contributed by atoms with Gasteiger partial charge in [-0.15, -0.1) is 0 Å². The van der Waals surface area contributed by atoms with Crippen LogP contribution >= 0.6 is 0 Å². The van der Waals surface area contributed by atoms with E-state index in [9.17, 15) is 4.79 Å². The van der Waals surface area contributed by atoms with E-state index in [1.165, 1.54) is 5.56 Å². The first-order valence-corrected chi connectivity index (χ1v) is 8.10. The third-order valence-corrected chi connectivity index (χ3v) is 4.38. The lowest BCUT2D eigenvalue weighted by Gasteiger charge is -2.32. The average Bonchev–Trinajstić information content (AvgIpc) is 2.53. The first-order valence-electron chi connectivity index (χ1n) is 8.10. The molecule has 1 aliphatic rings. The van der Waals surface area contributed by atoms with E-state index in [2.05, 4.69) is 16.3 Å². The number of nitrogens with two attached hydrogens (primary N) is 1. The molecule has 1 saturated heterocycles. The second kappa shape index (κ2) is 8.15. The third-order valence-electron chi connectivity index (χ3n) is 4.38. The highest BCUT2D eigenvalue weighted by Gasteiger charge is 2.26. The number of piperidine rings is 1. The molecule has 0 aromatic heterocycles. The maximum atomic E-state index is 12.2. The molecule has 1 amide bonds. The number of likely N-dealkylation sites (tertiary alicyclic amines) is 1. The standard InChI is InChI=1S/C17H27N3O2/c1-2-16(12-21)19-17(22)14-6-8-20(9-7-14)11-13-4-3-5-15(18)10-13/h3-5,10,14,16,21H,2,6-9,11-12,18H2,1H3,(H,19,22). The van der Waals surface area contributed by atoms with E-state index in [4.69, 9.17) is 10.8 Å². The summed E-state index contributed by atoms with van der Waals surface area (Å²) in [5, 5.41) is 12.1. The minimum atomic E-state index is -0.113. The minimum Gasteiger partial charge on any atom is -0.399 e. The number of carbonyl (C=O) groups excluding carboxylic acids is 1. The van der Waals surface area contributed by atoms with Crippen LogP contribution in [0.2, 0.25) is 0 Å². The fourth-order valence-electron chi connectivity index (χ4n) is 2.90. The van der Waals surface area contributed by atoms with E-state index in [0.717, 1.165) is 44.6 Å². The fraction of sp³-hybridized carbons (Fsp3) is 0.588. The van der Waals surface area contributed by atoms with Gasteiger partial charge in [0.1, 0.15) is 0 Å². The monoisotopic (exact) mass is 305 g/mol. The number of aliphatic hydroxyl groups is 1. The molecule has 0 radical (unpaired) electrons. The number of nitrogen functional groups attached to an aromatic ring is 1. The molecule has 0 bridgehead atoms. The molecule has 1 heterocycles. The Morgan fingerprint density at radius 3 is 2.77 bits per heavy atom. The Labute approximate surface area is 132 Å². The number of aliphatic hydroxyl groups excluding tert-OH is 1. The van der Waals surface area contributed by atoms with Crippen LogP contribution in [-0.4, -0.2) is 41.7 Å². The van der Waals surface area contributed by atoms with Gasteiger partial charge in [-0.2, -0.15) is 0 Å². The van der Waals surface area contributed by atoms with Crippen LogP contribution < -0.4 is 11.1 Å². The fourth-order valence-corrected chi connectivity index (χ4v) is 2.90. The molecule has 1 fully saturated rings. The Bertz CT molecular complexity index is 481. The van der Waals surface area contributed by atoms with Crippen molar-refractivity contribution in [2.45, 2.75) is 38.8 Å². The van der Waals surface area contributed by atoms with Crippen molar-refractivity contribution in [2.24, 2.45) is 5.92 Å². The summed E-state index contributed by atoms with van der Waals surface area (Å²) in [5.74, 6) is 0.155. The summed E-state index contributed by atoms with van der Waals surface area (Å²) in [5.41, 5.74) is 7.82. The molecule has 5 nitrogen and oxygen atoms in total. The second-order valence-corrected chi connectivity index (χ2v) is 6.09. The van der Waals surface area contributed by atoms with Crippen molar-refractivity contribution in [3.63, 3.8) is 0 Å². The second-order valence-electron chi connectivity index (χ2n) is 6.09. The van der Waals surface area contributed by atoms with Gasteiger partial charge in [-0.05, 0) is 50.0 Å². The largest absolute Gasteiger partial charge is 0.399 e. The molecule has 5 heteroatoms. The normalized spacial score (nSPS) is 18.1. The van der Waals surface area contributed by atoms with Gasteiger partial charge in [0.05, 0.1) is 12.6 Å². The van der Waals surface area contributed by atoms with Gasteiger partial charge in [-0.25, -0.2) is 0 Å². The molecule has 4 N–H and O–H groups in total. The molecule has 122 valence electrons. The smallest absolute Gasteiger partial charge is 0.223 e. The summed E-state index contributed by atoms with van der Waals surface area (Å²) in [7, 11) is 0. The lowest BCUT2D eigenvalue weighted by molar-refractivity contribution is -0.127. The number of carbonyl (C=O) groups is 1. The van der Waals surface area contributed by atoms with Crippen LogP contribution in [0.4, 0.5) is 5.69 Å². The molecule has 1 aromatic rings. The zero-order chi connectivity index (χ0) is 15.9. The van der Waals surface area contributed by atoms with E-state index < -0.39 is 0 Å². The van der Waals surface area contributed by atoms with Crippen molar-refractivity contribution in [1.29, 1.82) is 0 Å². The summed E-state index contributed by atoms with van der Waals surface area (Å²) in [6.07, 6.45) is 2.50. The van der Waals surface area contributed by atoms with E-state index in [-0.39, 0.29) is 24.5 Å². The van der Waals surface area contributed by atoms with E-state index in [1.54, 1.807) is 0 Å². The first-order chi connectivity index (χ1) is 10.6. The highest BCUT2D eigenvalue weighted by molar-refractivity contribution is 5.79. The average molecular weight is 305 g/mol. The molecule has 1 unspecified atom stereocenters. The van der Waals surface area contributed by atoms with E-state index in [1.807, 2.05) is 25.1 Å². The Kier molecular flexibility index (Phi) is 6.21. The molecular weight excluding hydrogens is 278 g/mol. The highest BCUT2D eigenvalue weighted by atomic mass is 16.3. The van der Waals surface area contributed by atoms with Crippen molar-refractivity contribution in [2.75, 3.05) is 25.4 Å². The molecule has 22 heavy (non-hydrogen) atoms. The Balaban J connectivity index is 1.79. The zero-order valence-corrected chi connectivity index (χ0v) is 13.3. The SMILES string of the molecule is CCC(CO)NC(=O)C1CCN(Cc2cccc(N)c2)CC1. The van der Waals surface area contributed by atoms with Crippen LogP contribution in [0.25, 0.3) is 0 Å². The number of hydrogen-bond acceptors (Lipinski definition) is 4. The molecule has 0 saturated carbocycles. The Hall–Kier alpha value is -1.59. The van der Waals surface area contributed by atoms with Crippen molar-refractivity contribution in [3.8, 4) is 0 Å². The molecule has 1 aromatic carbocycles. The van der Waals surface area contributed by atoms with Gasteiger partial charge in [0.25, 0.3) is 0 Å². The summed E-state index contributed by atoms with van der Waals surface area (Å²) < 4.78 is 0. The third kappa shape index (κ3) is 4.71. The van der Waals surface area contributed by atoms with Crippen molar-refractivity contribution in [3.05, 3.63) is 29.8 Å². The number of anilines is 1. The topological polar surface area (TPSA) is 78.6 Å². The Morgan fingerprint density at radius 2 is 2.18 bits per heavy atom. The van der Waals surface area contributed by atoms with Gasteiger partial charge in [0.2, 0.25) is 5.91 Å². The first kappa shape index (κ1) is 16.8. The van der Waals surface area contributed by atoms with Crippen LogP contribution in [0.1, 0.15) is 31.7 Å².